The molecular formula is C32H37N7O2. The minimum Gasteiger partial charge on any atom is -0.457 e. The maximum absolute atomic E-state index is 13.1. The lowest BCUT2D eigenvalue weighted by molar-refractivity contribution is -0.125. The largest absolute Gasteiger partial charge is 0.457 e. The lowest BCUT2D eigenvalue weighted by atomic mass is 9.90. The van der Waals surface area contributed by atoms with Gasteiger partial charge in [-0.1, -0.05) is 30.7 Å². The van der Waals surface area contributed by atoms with E-state index in [2.05, 4.69) is 28.7 Å². The Balaban J connectivity index is 1.18. The summed E-state index contributed by atoms with van der Waals surface area (Å²) in [7, 11) is 0. The molecule has 41 heavy (non-hydrogen) atoms. The van der Waals surface area contributed by atoms with Crippen LogP contribution < -0.4 is 10.5 Å². The average Bonchev–Trinajstić information content (AvgIpc) is 3.59. The van der Waals surface area contributed by atoms with Gasteiger partial charge in [0.25, 0.3) is 0 Å². The molecule has 1 saturated carbocycles. The van der Waals surface area contributed by atoms with Crippen molar-refractivity contribution in [3.8, 4) is 22.8 Å². The molecule has 1 saturated heterocycles. The molecule has 2 aliphatic rings. The van der Waals surface area contributed by atoms with Crippen molar-refractivity contribution in [1.82, 2.24) is 29.5 Å². The third-order valence-corrected chi connectivity index (χ3v) is 8.23. The number of anilines is 1. The first-order valence-corrected chi connectivity index (χ1v) is 14.5. The minimum absolute atomic E-state index is 0.000672. The van der Waals surface area contributed by atoms with Crippen molar-refractivity contribution >= 4 is 22.8 Å². The van der Waals surface area contributed by atoms with Crippen LogP contribution in [0.5, 0.6) is 11.5 Å². The molecule has 212 valence electrons. The maximum atomic E-state index is 13.1. The summed E-state index contributed by atoms with van der Waals surface area (Å²) in [5.41, 5.74) is 8.64. The van der Waals surface area contributed by atoms with Gasteiger partial charge in [0.2, 0.25) is 5.91 Å². The van der Waals surface area contributed by atoms with Gasteiger partial charge in [-0.15, -0.1) is 0 Å². The molecule has 3 heterocycles. The van der Waals surface area contributed by atoms with Gasteiger partial charge in [0, 0.05) is 43.4 Å². The summed E-state index contributed by atoms with van der Waals surface area (Å²) in [6, 6.07) is 18.6. The minimum atomic E-state index is 0.000672. The van der Waals surface area contributed by atoms with E-state index in [4.69, 9.17) is 15.6 Å². The Morgan fingerprint density at radius 3 is 2.54 bits per heavy atom. The van der Waals surface area contributed by atoms with Crippen LogP contribution in [0.25, 0.3) is 22.3 Å². The molecule has 1 aliphatic carbocycles. The van der Waals surface area contributed by atoms with Gasteiger partial charge in [-0.05, 0) is 69.5 Å². The number of hydrogen-bond acceptors (Lipinski definition) is 7. The molecule has 6 rings (SSSR count). The second-order valence-corrected chi connectivity index (χ2v) is 11.2. The molecule has 1 unspecified atom stereocenters. The molecule has 1 aliphatic heterocycles. The van der Waals surface area contributed by atoms with Gasteiger partial charge in [0.1, 0.15) is 29.3 Å². The van der Waals surface area contributed by atoms with Gasteiger partial charge >= 0.3 is 0 Å². The van der Waals surface area contributed by atoms with E-state index in [1.54, 1.807) is 6.08 Å². The molecule has 2 aromatic carbocycles. The topological polar surface area (TPSA) is 102 Å². The van der Waals surface area contributed by atoms with Gasteiger partial charge in [-0.25, -0.2) is 14.6 Å². The summed E-state index contributed by atoms with van der Waals surface area (Å²) in [6.45, 7) is 6.51. The number of likely N-dealkylation sites (tertiary alicyclic amines) is 1. The van der Waals surface area contributed by atoms with Crippen molar-refractivity contribution in [2.75, 3.05) is 25.4 Å². The summed E-state index contributed by atoms with van der Waals surface area (Å²) in [5, 5.41) is 5.70. The number of carbonyl (C=O) groups excluding carboxylic acids is 1. The maximum Gasteiger partial charge on any atom is 0.246 e. The summed E-state index contributed by atoms with van der Waals surface area (Å²) >= 11 is 0. The van der Waals surface area contributed by atoms with E-state index >= 15 is 0 Å². The van der Waals surface area contributed by atoms with Crippen LogP contribution in [0.2, 0.25) is 0 Å². The van der Waals surface area contributed by atoms with Gasteiger partial charge in [0.15, 0.2) is 5.65 Å². The zero-order chi connectivity index (χ0) is 28.3. The zero-order valence-electron chi connectivity index (χ0n) is 23.7. The van der Waals surface area contributed by atoms with Crippen LogP contribution in [0.4, 0.5) is 5.82 Å². The molecule has 0 radical (unpaired) electrons. The molecule has 2 N–H and O–H groups in total. The zero-order valence-corrected chi connectivity index (χ0v) is 23.7. The van der Waals surface area contributed by atoms with E-state index in [0.29, 0.717) is 36.6 Å². The highest BCUT2D eigenvalue weighted by Crippen LogP contribution is 2.35. The Labute approximate surface area is 240 Å². The van der Waals surface area contributed by atoms with E-state index in [1.165, 1.54) is 25.6 Å². The molecule has 2 fully saturated rings. The number of nitrogens with zero attached hydrogens (tertiary/aromatic N) is 6. The number of fused-ring (bicyclic) bond motifs is 1. The number of amides is 1. The van der Waals surface area contributed by atoms with Crippen LogP contribution in [-0.4, -0.2) is 67.2 Å². The Kier molecular flexibility index (Phi) is 7.69. The van der Waals surface area contributed by atoms with Gasteiger partial charge < -0.3 is 15.4 Å². The second-order valence-electron chi connectivity index (χ2n) is 11.2. The number of benzene rings is 2. The van der Waals surface area contributed by atoms with Crippen LogP contribution in [0.15, 0.2) is 73.1 Å². The van der Waals surface area contributed by atoms with E-state index in [-0.39, 0.29) is 11.9 Å². The molecule has 2 aromatic heterocycles. The number of carbonyl (C=O) groups is 1. The van der Waals surface area contributed by atoms with Crippen molar-refractivity contribution in [2.24, 2.45) is 0 Å². The van der Waals surface area contributed by atoms with E-state index in [0.717, 1.165) is 41.1 Å². The number of ether oxygens (including phenoxy) is 1. The number of nitrogen functional groups attached to an aromatic ring is 1. The summed E-state index contributed by atoms with van der Waals surface area (Å²) in [5.74, 6) is 1.94. The standard InChI is InChI=1S/C32H37N7O2/c1-22(2)38(24-8-6-9-24)18-7-12-28(40)37-19-17-25(20-37)39-32-29(31(33)34-21-35-32)30(36-39)23-13-15-27(16-14-23)41-26-10-4-3-5-11-26/h3-5,7,10-16,21-22,24-25H,6,8-9,17-20H2,1-2H3,(H2,33,34,35). The normalized spacial score (nSPS) is 17.7. The van der Waals surface area contributed by atoms with Crippen LogP contribution in [-0.2, 0) is 4.79 Å². The Morgan fingerprint density at radius 2 is 1.83 bits per heavy atom. The summed E-state index contributed by atoms with van der Waals surface area (Å²) < 4.78 is 7.88. The first-order valence-electron chi connectivity index (χ1n) is 14.5. The van der Waals surface area contributed by atoms with Crippen LogP contribution in [0, 0.1) is 0 Å². The SMILES string of the molecule is CC(C)N(CC=CC(=O)N1CCC(n2nc(-c3ccc(Oc4ccccc4)cc3)c3c(N)ncnc32)C1)C1CCC1. The number of aromatic nitrogens is 4. The Bertz CT molecular complexity index is 1530. The second kappa shape index (κ2) is 11.7. The van der Waals surface area contributed by atoms with Crippen molar-refractivity contribution in [3.05, 3.63) is 73.1 Å². The van der Waals surface area contributed by atoms with Crippen molar-refractivity contribution < 1.29 is 9.53 Å². The number of rotatable bonds is 9. The molecule has 4 aromatic rings. The molecule has 1 amide bonds. The van der Waals surface area contributed by atoms with Crippen molar-refractivity contribution in [2.45, 2.75) is 57.7 Å². The third-order valence-electron chi connectivity index (χ3n) is 8.23. The number of para-hydroxylation sites is 1. The van der Waals surface area contributed by atoms with Gasteiger partial charge in [-0.3, -0.25) is 9.69 Å². The molecule has 1 atom stereocenters. The molecule has 0 bridgehead atoms. The van der Waals surface area contributed by atoms with Crippen molar-refractivity contribution in [1.29, 1.82) is 0 Å². The molecule has 9 nitrogen and oxygen atoms in total. The monoisotopic (exact) mass is 551 g/mol. The quantitative estimate of drug-likeness (QED) is 0.276. The summed E-state index contributed by atoms with van der Waals surface area (Å²) in [6.07, 6.45) is 9.85. The lowest BCUT2D eigenvalue weighted by Gasteiger charge is -2.39. The predicted octanol–water partition coefficient (Wildman–Crippen LogP) is 5.46. The third kappa shape index (κ3) is 5.67. The first-order chi connectivity index (χ1) is 20.0. The highest BCUT2D eigenvalue weighted by atomic mass is 16.5. The van der Waals surface area contributed by atoms with E-state index in [1.807, 2.05) is 70.3 Å². The Morgan fingerprint density at radius 1 is 1.07 bits per heavy atom. The van der Waals surface area contributed by atoms with Crippen LogP contribution in [0.3, 0.4) is 0 Å². The fraction of sp³-hybridized carbons (Fsp3) is 0.375. The predicted molar refractivity (Wildman–Crippen MR) is 161 cm³/mol. The number of hydrogen-bond donors (Lipinski definition) is 1. The average molecular weight is 552 g/mol. The first kappa shape index (κ1) is 27.0. The van der Waals surface area contributed by atoms with Gasteiger partial charge in [0.05, 0.1) is 11.4 Å². The van der Waals surface area contributed by atoms with Crippen LogP contribution >= 0.6 is 0 Å². The van der Waals surface area contributed by atoms with Gasteiger partial charge in [-0.2, -0.15) is 5.10 Å². The van der Waals surface area contributed by atoms with Crippen molar-refractivity contribution in [3.63, 3.8) is 0 Å². The fourth-order valence-corrected chi connectivity index (χ4v) is 5.78. The van der Waals surface area contributed by atoms with Crippen LogP contribution in [0.1, 0.15) is 45.6 Å². The molecule has 0 spiro atoms. The highest BCUT2D eigenvalue weighted by Gasteiger charge is 2.30. The highest BCUT2D eigenvalue weighted by molar-refractivity contribution is 5.98. The summed E-state index contributed by atoms with van der Waals surface area (Å²) in [4.78, 5) is 26.3. The van der Waals surface area contributed by atoms with E-state index < -0.39 is 0 Å². The molecular weight excluding hydrogens is 514 g/mol. The number of nitrogens with two attached hydrogens (primary N) is 1. The molecule has 9 heteroatoms. The Hall–Kier alpha value is -4.24. The fourth-order valence-electron chi connectivity index (χ4n) is 5.78. The lowest BCUT2D eigenvalue weighted by Crippen LogP contribution is -2.44. The smallest absolute Gasteiger partial charge is 0.246 e. The van der Waals surface area contributed by atoms with E-state index in [9.17, 15) is 4.79 Å².